The Morgan fingerprint density at radius 2 is 0.802 bits per heavy atom. The van der Waals surface area contributed by atoms with Crippen molar-refractivity contribution in [1.29, 1.82) is 0 Å². The Morgan fingerprint density at radius 1 is 0.438 bits per heavy atom. The third kappa shape index (κ3) is 24.0. The molecule has 34 heteroatoms. The van der Waals surface area contributed by atoms with Gasteiger partial charge in [-0.25, -0.2) is 0 Å². The Bertz CT molecular complexity index is 4260. The van der Waals surface area contributed by atoms with E-state index < -0.39 is 168 Å². The summed E-state index contributed by atoms with van der Waals surface area (Å²) < 4.78 is 5.75. The molecule has 6 aliphatic rings. The number of ether oxygens (including phenoxy) is 1. The monoisotopic (exact) mass is 1670 g/mol. The second-order valence-electron chi connectivity index (χ2n) is 33.3. The quantitative estimate of drug-likeness (QED) is 0.0678. The molecule has 0 spiro atoms. The van der Waals surface area contributed by atoms with E-state index in [0.29, 0.717) is 100 Å². The number of carbonyl (C=O) groups excluding carboxylic acids is 15. The van der Waals surface area contributed by atoms with Crippen LogP contribution in [0.1, 0.15) is 158 Å². The van der Waals surface area contributed by atoms with Crippen molar-refractivity contribution < 1.29 is 96.8 Å². The Balaban J connectivity index is 0.748. The summed E-state index contributed by atoms with van der Waals surface area (Å²) in [6, 6.07) is 14.6. The molecule has 10 rings (SSSR count). The molecule has 0 unspecified atom stereocenters. The predicted molar refractivity (Wildman–Crippen MR) is 443 cm³/mol. The number of carboxylic acids is 1. The van der Waals surface area contributed by atoms with Crippen LogP contribution in [0.5, 0.6) is 0 Å². The van der Waals surface area contributed by atoms with E-state index in [-0.39, 0.29) is 99.9 Å². The van der Waals surface area contributed by atoms with Crippen molar-refractivity contribution in [1.82, 2.24) is 62.1 Å². The number of benzene rings is 4. The number of aliphatic carboxylic acids is 1. The first-order valence-corrected chi connectivity index (χ1v) is 41.7. The molecule has 4 fully saturated rings. The fourth-order valence-corrected chi connectivity index (χ4v) is 16.5. The summed E-state index contributed by atoms with van der Waals surface area (Å²) in [5.41, 5.74) is 6.06. The minimum atomic E-state index is -1.73. The maximum absolute atomic E-state index is 14.4. The zero-order chi connectivity index (χ0) is 87.8. The Hall–Kier alpha value is -11.5. The molecule has 0 aromatic heterocycles. The van der Waals surface area contributed by atoms with Crippen LogP contribution in [-0.2, 0) is 84.9 Å². The van der Waals surface area contributed by atoms with Gasteiger partial charge in [0.15, 0.2) is 11.6 Å². The topological polar surface area (TPSA) is 459 Å². The number of nitrogens with zero attached hydrogens (tertiary/aromatic N) is 6. The van der Waals surface area contributed by atoms with Crippen LogP contribution in [0.3, 0.4) is 0 Å². The van der Waals surface area contributed by atoms with Crippen LogP contribution in [0, 0.1) is 23.7 Å². The van der Waals surface area contributed by atoms with Gasteiger partial charge in [0, 0.05) is 132 Å². The highest BCUT2D eigenvalue weighted by Gasteiger charge is 2.42. The molecule has 11 N–H and O–H groups in total. The zero-order valence-corrected chi connectivity index (χ0v) is 70.1. The summed E-state index contributed by atoms with van der Waals surface area (Å²) in [5, 5.41) is 52.1. The molecule has 4 aromatic carbocycles. The number of hydrogen-bond acceptors (Lipinski definition) is 21. The van der Waals surface area contributed by atoms with Gasteiger partial charge >= 0.3 is 5.97 Å². The first kappa shape index (κ1) is 91.8. The number of aliphatic hydroxyl groups is 2. The highest BCUT2D eigenvalue weighted by molar-refractivity contribution is 6.03. The average Bonchev–Trinajstić information content (AvgIpc) is 1.77. The first-order valence-electron chi connectivity index (χ1n) is 41.7. The van der Waals surface area contributed by atoms with Crippen molar-refractivity contribution in [2.45, 2.75) is 200 Å². The zero-order valence-electron chi connectivity index (χ0n) is 70.1. The third-order valence-corrected chi connectivity index (χ3v) is 23.1. The van der Waals surface area contributed by atoms with E-state index >= 15 is 0 Å². The van der Waals surface area contributed by atoms with E-state index in [1.165, 1.54) is 44.4 Å². The summed E-state index contributed by atoms with van der Waals surface area (Å²) in [6.07, 6.45) is -3.06. The van der Waals surface area contributed by atoms with Gasteiger partial charge in [0.2, 0.25) is 70.9 Å². The number of carboxylic acid groups (broad SMARTS) is 1. The molecule has 0 saturated carbocycles. The molecule has 0 radical (unpaired) electrons. The van der Waals surface area contributed by atoms with Gasteiger partial charge < -0.3 is 92.0 Å². The molecule has 6 aliphatic heterocycles. The van der Waals surface area contributed by atoms with E-state index in [9.17, 15) is 92.0 Å². The van der Waals surface area contributed by atoms with Crippen molar-refractivity contribution in [3.8, 4) is 22.3 Å². The highest BCUT2D eigenvalue weighted by Crippen LogP contribution is 2.33. The van der Waals surface area contributed by atoms with Crippen LogP contribution in [0.4, 0.5) is 11.4 Å². The van der Waals surface area contributed by atoms with Crippen LogP contribution >= 0.6 is 0 Å². The summed E-state index contributed by atoms with van der Waals surface area (Å²) in [5.74, 6) is -13.1. The first-order chi connectivity index (χ1) is 57.5. The molecule has 4 saturated heterocycles. The van der Waals surface area contributed by atoms with Crippen molar-refractivity contribution >= 4 is 106 Å². The van der Waals surface area contributed by atoms with Crippen LogP contribution < -0.4 is 52.3 Å². The molecule has 6 heterocycles. The fraction of sp³-hybridized carbons (Fsp3) is 0.540. The van der Waals surface area contributed by atoms with Crippen LogP contribution in [0.15, 0.2) is 84.9 Å². The lowest BCUT2D eigenvalue weighted by Crippen LogP contribution is -2.60. The number of fused-ring (bicyclic) bond motifs is 6. The molecule has 34 nitrogen and oxygen atoms in total. The molecule has 121 heavy (non-hydrogen) atoms. The Morgan fingerprint density at radius 3 is 1.15 bits per heavy atom. The van der Waals surface area contributed by atoms with Gasteiger partial charge in [-0.1, -0.05) is 76.2 Å². The Kier molecular flexibility index (Phi) is 31.6. The Labute approximate surface area is 703 Å². The fourth-order valence-electron chi connectivity index (χ4n) is 16.5. The normalized spacial score (nSPS) is 24.5. The van der Waals surface area contributed by atoms with E-state index in [4.69, 9.17) is 4.74 Å². The lowest BCUT2D eigenvalue weighted by atomic mass is 9.88. The number of carbonyl (C=O) groups is 16. The van der Waals surface area contributed by atoms with Gasteiger partial charge in [0.1, 0.15) is 67.3 Å². The maximum Gasteiger partial charge on any atom is 0.305 e. The number of nitrogens with one attached hydrogen (secondary N) is 8. The number of Topliss-reactive ketones (excluding diaryl/α,β-unsaturated/α-hetero) is 3. The molecule has 4 bridgehead atoms. The average molecular weight is 1680 g/mol. The molecule has 652 valence electrons. The summed E-state index contributed by atoms with van der Waals surface area (Å²) in [4.78, 5) is 230. The third-order valence-electron chi connectivity index (χ3n) is 23.1. The number of aliphatic hydroxyl groups excluding tert-OH is 2. The van der Waals surface area contributed by atoms with Crippen LogP contribution in [0.2, 0.25) is 0 Å². The second-order valence-corrected chi connectivity index (χ2v) is 33.3. The van der Waals surface area contributed by atoms with E-state index in [1.54, 1.807) is 46.2 Å². The maximum atomic E-state index is 14.4. The number of rotatable bonds is 18. The number of anilines is 2. The van der Waals surface area contributed by atoms with E-state index in [1.807, 2.05) is 76.2 Å². The number of ketones is 3. The van der Waals surface area contributed by atoms with Gasteiger partial charge in [0.05, 0.1) is 18.6 Å². The summed E-state index contributed by atoms with van der Waals surface area (Å²) >= 11 is 0. The van der Waals surface area contributed by atoms with E-state index in [0.717, 1.165) is 22.5 Å². The minimum absolute atomic E-state index is 0.0694. The van der Waals surface area contributed by atoms with Gasteiger partial charge in [-0.05, 0) is 155 Å². The SMILES string of the molecule is CC(=O)C[C@@H]1NC(=O)[C@H](CC(C)C)CC(=O)c2ccc(-c3ccc(N4CCN(C(=O)COCC(=O)N5CCN(c6ccc(-c7ccc8cc7CNC(=O)[C@@H]7CCCN7C(=O)[C@H](C)NC(=O)[C@H]([C@@H](C)O)NC(=O)[C@H](CC(=O)O)NC(=O)[C@H](CC(C)C)CC8=O)cc6)CC5)CC4)cc3)c(c2)CNC(=O)[C@@H]2CCCN2C(=O)[C@H](C)NC(=O)[C@H]([C@@H](C)O)NC1=O. The second kappa shape index (κ2) is 41.6. The van der Waals surface area contributed by atoms with Gasteiger partial charge in [-0.2, -0.15) is 0 Å². The van der Waals surface area contributed by atoms with Crippen molar-refractivity contribution in [2.75, 3.05) is 88.5 Å². The van der Waals surface area contributed by atoms with Crippen LogP contribution in [-0.4, -0.2) is 268 Å². The standard InChI is InChI=1S/C87H114N14O20/c1-48(2)36-59-41-71(105)57-18-24-65(61(39-57)44-88-82(115)69-12-10-26-100(69)86(119)51(6)90-84(117)76(53(8)103)94-80(113)67(38-50(5)102)92-78(59)111)55-14-20-63(21-15-55)96-28-32-98(33-29-96)73(107)46-121-47-74(108)99-34-30-97(31-35-99)64-22-16-56(17-23-64)66-25-19-58-40-62(66)45-89-83(116)70-13-11-27-101(70)87(120)52(7)91-85(118)77(54(9)104)95-81(114)68(43-75(109)110)93-79(112)60(37-49(3)4)42-72(58)106/h14-25,39-40,48-49,51-54,59-60,67-70,76-77,103-104H,10-13,26-38,41-47H2,1-9H3,(H,88,115)(H,89,116)(H,90,117)(H,91,118)(H,92,111)(H,93,112)(H,94,113)(H,95,114)(H,109,110)/t51-,52-,53+,54+,59+,60+,67-,68-,69-,70-,76-,77-/m0/s1. The summed E-state index contributed by atoms with van der Waals surface area (Å²) in [6.45, 7) is 16.9. The lowest BCUT2D eigenvalue weighted by Gasteiger charge is -2.36. The molecular formula is C87H114N14O20. The smallest absolute Gasteiger partial charge is 0.305 e. The number of amides is 12. The van der Waals surface area contributed by atoms with Gasteiger partial charge in [-0.3, -0.25) is 76.7 Å². The van der Waals surface area contributed by atoms with Crippen molar-refractivity contribution in [3.05, 3.63) is 107 Å². The minimum Gasteiger partial charge on any atom is -0.481 e. The summed E-state index contributed by atoms with van der Waals surface area (Å²) in [7, 11) is 0. The van der Waals surface area contributed by atoms with Crippen molar-refractivity contribution in [2.24, 2.45) is 23.7 Å². The molecular weight excluding hydrogens is 1560 g/mol. The molecule has 4 aromatic rings. The number of piperazine rings is 2. The number of hydrogen-bond donors (Lipinski definition) is 11. The van der Waals surface area contributed by atoms with Crippen molar-refractivity contribution in [3.63, 3.8) is 0 Å². The molecule has 12 amide bonds. The van der Waals surface area contributed by atoms with Crippen LogP contribution in [0.25, 0.3) is 22.3 Å². The van der Waals surface area contributed by atoms with Gasteiger partial charge in [-0.15, -0.1) is 0 Å². The predicted octanol–water partition coefficient (Wildman–Crippen LogP) is 1.91. The highest BCUT2D eigenvalue weighted by atomic mass is 16.5. The lowest BCUT2D eigenvalue weighted by molar-refractivity contribution is -0.143. The van der Waals surface area contributed by atoms with Gasteiger partial charge in [0.25, 0.3) is 0 Å². The molecule has 0 aliphatic carbocycles. The largest absolute Gasteiger partial charge is 0.481 e. The van der Waals surface area contributed by atoms with E-state index in [2.05, 4.69) is 52.3 Å². The molecule has 12 atom stereocenters.